The Morgan fingerprint density at radius 2 is 1.60 bits per heavy atom. The number of benzene rings is 3. The molecule has 0 saturated heterocycles. The third-order valence-corrected chi connectivity index (χ3v) is 5.37. The Labute approximate surface area is 176 Å². The minimum absolute atomic E-state index is 0.111. The highest BCUT2D eigenvalue weighted by atomic mass is 16.5. The Bertz CT molecular complexity index is 973. The number of carbonyl (C=O) groups excluding carboxylic acids is 1. The molecule has 2 atom stereocenters. The van der Waals surface area contributed by atoms with Crippen LogP contribution in [0, 0.1) is 0 Å². The fourth-order valence-electron chi connectivity index (χ4n) is 3.68. The molecule has 1 heterocycles. The molecule has 5 heteroatoms. The zero-order chi connectivity index (χ0) is 20.9. The van der Waals surface area contributed by atoms with Gasteiger partial charge in [0.05, 0.1) is 20.3 Å². The summed E-state index contributed by atoms with van der Waals surface area (Å²) in [6.07, 6.45) is 0.723. The summed E-state index contributed by atoms with van der Waals surface area (Å²) in [6.45, 7) is 0. The Balaban J connectivity index is 1.52. The zero-order valence-electron chi connectivity index (χ0n) is 17.1. The number of fused-ring (bicyclic) bond motifs is 1. The van der Waals surface area contributed by atoms with Crippen molar-refractivity contribution >= 4 is 5.91 Å². The minimum atomic E-state index is -0.515. The first kappa shape index (κ1) is 19.8. The summed E-state index contributed by atoms with van der Waals surface area (Å²) in [5.41, 5.74) is 3.18. The van der Waals surface area contributed by atoms with Gasteiger partial charge in [0.25, 0.3) is 5.91 Å². The summed E-state index contributed by atoms with van der Waals surface area (Å²) in [7, 11) is 3.29. The van der Waals surface area contributed by atoms with Crippen LogP contribution in [-0.4, -0.2) is 26.2 Å². The van der Waals surface area contributed by atoms with Crippen LogP contribution in [0.4, 0.5) is 0 Å². The van der Waals surface area contributed by atoms with Crippen molar-refractivity contribution in [2.24, 2.45) is 0 Å². The normalized spacial score (nSPS) is 15.6. The molecule has 0 spiro atoms. The number of methoxy groups -OCH3 is 2. The lowest BCUT2D eigenvalue weighted by Gasteiger charge is -2.22. The van der Waals surface area contributed by atoms with Crippen LogP contribution in [-0.2, 0) is 17.6 Å². The second-order valence-electron chi connectivity index (χ2n) is 7.30. The van der Waals surface area contributed by atoms with Gasteiger partial charge in [-0.3, -0.25) is 4.79 Å². The largest absolute Gasteiger partial charge is 0.497 e. The lowest BCUT2D eigenvalue weighted by molar-refractivity contribution is -0.128. The molecular formula is C25H25NO4. The van der Waals surface area contributed by atoms with E-state index in [-0.39, 0.29) is 11.9 Å². The highest BCUT2D eigenvalue weighted by Gasteiger charge is 2.30. The van der Waals surface area contributed by atoms with Crippen molar-refractivity contribution in [2.75, 3.05) is 14.2 Å². The number of nitrogens with one attached hydrogen (secondary N) is 1. The van der Waals surface area contributed by atoms with Gasteiger partial charge in [0.2, 0.25) is 0 Å². The van der Waals surface area contributed by atoms with Gasteiger partial charge in [0.15, 0.2) is 6.10 Å². The van der Waals surface area contributed by atoms with E-state index in [1.54, 1.807) is 14.2 Å². The molecule has 5 nitrogen and oxygen atoms in total. The molecular weight excluding hydrogens is 378 g/mol. The molecule has 0 aromatic heterocycles. The van der Waals surface area contributed by atoms with E-state index < -0.39 is 6.10 Å². The van der Waals surface area contributed by atoms with Gasteiger partial charge >= 0.3 is 0 Å². The van der Waals surface area contributed by atoms with Gasteiger partial charge in [-0.05, 0) is 53.4 Å². The molecule has 0 fully saturated rings. The van der Waals surface area contributed by atoms with Gasteiger partial charge in [-0.15, -0.1) is 0 Å². The van der Waals surface area contributed by atoms with Crippen LogP contribution in [0.3, 0.4) is 0 Å². The summed E-state index contributed by atoms with van der Waals surface area (Å²) in [6, 6.07) is 23.3. The fourth-order valence-corrected chi connectivity index (χ4v) is 3.68. The molecule has 1 aliphatic heterocycles. The number of amides is 1. The predicted octanol–water partition coefficient (Wildman–Crippen LogP) is 4.11. The van der Waals surface area contributed by atoms with Gasteiger partial charge in [-0.25, -0.2) is 0 Å². The van der Waals surface area contributed by atoms with E-state index in [0.717, 1.165) is 33.9 Å². The number of rotatable bonds is 7. The third kappa shape index (κ3) is 4.40. The van der Waals surface area contributed by atoms with E-state index in [1.165, 1.54) is 0 Å². The Hall–Kier alpha value is -3.47. The molecule has 4 rings (SSSR count). The molecule has 1 amide bonds. The van der Waals surface area contributed by atoms with E-state index >= 15 is 0 Å². The number of para-hydroxylation sites is 1. The van der Waals surface area contributed by atoms with E-state index in [2.05, 4.69) is 5.32 Å². The first-order chi connectivity index (χ1) is 14.7. The van der Waals surface area contributed by atoms with Gasteiger partial charge in [0, 0.05) is 6.42 Å². The smallest absolute Gasteiger partial charge is 0.261 e. The van der Waals surface area contributed by atoms with Crippen LogP contribution in [0.2, 0.25) is 0 Å². The molecule has 0 bridgehead atoms. The fraction of sp³-hybridized carbons (Fsp3) is 0.240. The van der Waals surface area contributed by atoms with Crippen LogP contribution < -0.4 is 19.5 Å². The average Bonchev–Trinajstić information content (AvgIpc) is 3.24. The molecule has 30 heavy (non-hydrogen) atoms. The Kier molecular flexibility index (Phi) is 5.89. The van der Waals surface area contributed by atoms with E-state index in [9.17, 15) is 4.79 Å². The molecule has 154 valence electrons. The lowest BCUT2D eigenvalue weighted by atomic mass is 9.98. The maximum absolute atomic E-state index is 13.0. The van der Waals surface area contributed by atoms with Crippen molar-refractivity contribution in [3.8, 4) is 17.2 Å². The number of ether oxygens (including phenoxy) is 3. The van der Waals surface area contributed by atoms with Crippen molar-refractivity contribution < 1.29 is 19.0 Å². The van der Waals surface area contributed by atoms with Crippen LogP contribution >= 0.6 is 0 Å². The topological polar surface area (TPSA) is 56.8 Å². The molecule has 0 saturated carbocycles. The maximum Gasteiger partial charge on any atom is 0.261 e. The molecule has 1 N–H and O–H groups in total. The van der Waals surface area contributed by atoms with Crippen LogP contribution in [0.15, 0.2) is 72.8 Å². The van der Waals surface area contributed by atoms with Crippen molar-refractivity contribution in [3.63, 3.8) is 0 Å². The van der Waals surface area contributed by atoms with Gasteiger partial charge in [0.1, 0.15) is 17.2 Å². The summed E-state index contributed by atoms with van der Waals surface area (Å²) in [4.78, 5) is 13.0. The standard InChI is InChI=1S/C25H25NO4/c1-28-20-11-7-17(8-12-20)15-22(18-9-13-21(29-2)14-10-18)26-25(27)24-16-19-5-3-4-6-23(19)30-24/h3-14,22,24H,15-16H2,1-2H3,(H,26,27). The van der Waals surface area contributed by atoms with E-state index in [0.29, 0.717) is 12.8 Å². The first-order valence-corrected chi connectivity index (χ1v) is 9.98. The molecule has 1 aliphatic rings. The maximum atomic E-state index is 13.0. The van der Waals surface area contributed by atoms with Crippen molar-refractivity contribution in [2.45, 2.75) is 25.0 Å². The molecule has 2 unspecified atom stereocenters. The van der Waals surface area contributed by atoms with Crippen LogP contribution in [0.5, 0.6) is 17.2 Å². The van der Waals surface area contributed by atoms with Gasteiger partial charge in [-0.1, -0.05) is 42.5 Å². The van der Waals surface area contributed by atoms with Crippen molar-refractivity contribution in [1.82, 2.24) is 5.32 Å². The Morgan fingerprint density at radius 1 is 0.967 bits per heavy atom. The highest BCUT2D eigenvalue weighted by Crippen LogP contribution is 2.29. The van der Waals surface area contributed by atoms with E-state index in [4.69, 9.17) is 14.2 Å². The van der Waals surface area contributed by atoms with Gasteiger partial charge < -0.3 is 19.5 Å². The lowest BCUT2D eigenvalue weighted by Crippen LogP contribution is -2.40. The summed E-state index contributed by atoms with van der Waals surface area (Å²) >= 11 is 0. The zero-order valence-corrected chi connectivity index (χ0v) is 17.1. The van der Waals surface area contributed by atoms with Crippen LogP contribution in [0.1, 0.15) is 22.7 Å². The summed E-state index contributed by atoms with van der Waals surface area (Å²) in [5.74, 6) is 2.26. The SMILES string of the molecule is COc1ccc(CC(NC(=O)C2Cc3ccccc3O2)c2ccc(OC)cc2)cc1. The first-order valence-electron chi connectivity index (χ1n) is 9.98. The quantitative estimate of drug-likeness (QED) is 0.645. The van der Waals surface area contributed by atoms with E-state index in [1.807, 2.05) is 72.8 Å². The molecule has 3 aromatic carbocycles. The number of hydrogen-bond donors (Lipinski definition) is 1. The third-order valence-electron chi connectivity index (χ3n) is 5.37. The average molecular weight is 403 g/mol. The second-order valence-corrected chi connectivity index (χ2v) is 7.30. The van der Waals surface area contributed by atoms with Gasteiger partial charge in [-0.2, -0.15) is 0 Å². The number of hydrogen-bond acceptors (Lipinski definition) is 4. The molecule has 0 aliphatic carbocycles. The summed E-state index contributed by atoms with van der Waals surface area (Å²) < 4.78 is 16.4. The second kappa shape index (κ2) is 8.91. The van der Waals surface area contributed by atoms with Crippen LogP contribution in [0.25, 0.3) is 0 Å². The van der Waals surface area contributed by atoms with Crippen molar-refractivity contribution in [1.29, 1.82) is 0 Å². The molecule has 0 radical (unpaired) electrons. The Morgan fingerprint density at radius 3 is 2.23 bits per heavy atom. The minimum Gasteiger partial charge on any atom is -0.497 e. The van der Waals surface area contributed by atoms with Crippen molar-refractivity contribution in [3.05, 3.63) is 89.5 Å². The number of carbonyl (C=O) groups is 1. The molecule has 3 aromatic rings. The monoisotopic (exact) mass is 403 g/mol. The highest BCUT2D eigenvalue weighted by molar-refractivity contribution is 5.83. The predicted molar refractivity (Wildman–Crippen MR) is 115 cm³/mol. The summed E-state index contributed by atoms with van der Waals surface area (Å²) in [5, 5.41) is 3.19.